The van der Waals surface area contributed by atoms with Gasteiger partial charge in [-0.2, -0.15) is 0 Å². The number of rotatable bonds is 7. The maximum absolute atomic E-state index is 13.4. The Bertz CT molecular complexity index is 1080. The Morgan fingerprint density at radius 1 is 0.818 bits per heavy atom. The quantitative estimate of drug-likeness (QED) is 0.563. The molecule has 0 aromatic heterocycles. The minimum Gasteiger partial charge on any atom is -0.481 e. The molecule has 5 nitrogen and oxygen atoms in total. The van der Waals surface area contributed by atoms with Crippen molar-refractivity contribution in [3.63, 3.8) is 0 Å². The molecule has 3 aromatic carbocycles. The highest BCUT2D eigenvalue weighted by Gasteiger charge is 2.28. The number of halogens is 1. The lowest BCUT2D eigenvalue weighted by molar-refractivity contribution is -0.137. The average molecular weight is 447 g/mol. The van der Waals surface area contributed by atoms with Crippen molar-refractivity contribution >= 4 is 11.9 Å². The monoisotopic (exact) mass is 446 g/mol. The molecule has 4 rings (SSSR count). The topological polar surface area (TPSA) is 60.9 Å². The van der Waals surface area contributed by atoms with Crippen molar-refractivity contribution in [1.82, 2.24) is 9.80 Å². The third-order valence-electron chi connectivity index (χ3n) is 6.17. The highest BCUT2D eigenvalue weighted by Crippen LogP contribution is 2.28. The molecule has 1 fully saturated rings. The number of benzene rings is 3. The number of carboxylic acids is 1. The standard InChI is InChI=1S/C27H27FN2O3/c28-24-12-10-22(11-13-24)25(14-15-26(31)32)29-16-18-30(19-17-29)27(33)23-8-6-21(7-9-23)20-4-2-1-3-5-20/h1-13,25H,14-19H2,(H,31,32)/t25-/m0/s1. The number of amides is 1. The van der Waals surface area contributed by atoms with Crippen LogP contribution in [0.4, 0.5) is 4.39 Å². The van der Waals surface area contributed by atoms with E-state index in [9.17, 15) is 14.0 Å². The molecule has 0 unspecified atom stereocenters. The summed E-state index contributed by atoms with van der Waals surface area (Å²) in [7, 11) is 0. The van der Waals surface area contributed by atoms with Crippen molar-refractivity contribution in [3.8, 4) is 11.1 Å². The first-order valence-electron chi connectivity index (χ1n) is 11.2. The summed E-state index contributed by atoms with van der Waals surface area (Å²) in [4.78, 5) is 28.2. The normalized spacial score (nSPS) is 15.2. The van der Waals surface area contributed by atoms with Gasteiger partial charge in [0.2, 0.25) is 0 Å². The largest absolute Gasteiger partial charge is 0.481 e. The zero-order valence-corrected chi connectivity index (χ0v) is 18.4. The molecule has 0 bridgehead atoms. The SMILES string of the molecule is O=C(O)CC[C@@H](c1ccc(F)cc1)N1CCN(C(=O)c2ccc(-c3ccccc3)cc2)CC1. The lowest BCUT2D eigenvalue weighted by Crippen LogP contribution is -2.49. The van der Waals surface area contributed by atoms with Gasteiger partial charge in [0, 0.05) is 44.2 Å². The van der Waals surface area contributed by atoms with Crippen LogP contribution in [-0.2, 0) is 4.79 Å². The number of piperazine rings is 1. The van der Waals surface area contributed by atoms with Gasteiger partial charge < -0.3 is 10.0 Å². The Hall–Kier alpha value is -3.51. The van der Waals surface area contributed by atoms with Crippen molar-refractivity contribution in [3.05, 3.63) is 95.8 Å². The van der Waals surface area contributed by atoms with Crippen molar-refractivity contribution in [2.75, 3.05) is 26.2 Å². The maximum atomic E-state index is 13.4. The van der Waals surface area contributed by atoms with Crippen LogP contribution in [0.25, 0.3) is 11.1 Å². The Morgan fingerprint density at radius 3 is 2.03 bits per heavy atom. The van der Waals surface area contributed by atoms with Gasteiger partial charge in [0.25, 0.3) is 5.91 Å². The van der Waals surface area contributed by atoms with Crippen LogP contribution in [0.15, 0.2) is 78.9 Å². The van der Waals surface area contributed by atoms with Gasteiger partial charge in [-0.1, -0.05) is 54.6 Å². The Balaban J connectivity index is 1.40. The molecular formula is C27H27FN2O3. The molecule has 1 aliphatic rings. The fourth-order valence-corrected chi connectivity index (χ4v) is 4.36. The maximum Gasteiger partial charge on any atom is 0.303 e. The summed E-state index contributed by atoms with van der Waals surface area (Å²) in [5.74, 6) is -1.17. The van der Waals surface area contributed by atoms with Gasteiger partial charge >= 0.3 is 5.97 Å². The Morgan fingerprint density at radius 2 is 1.42 bits per heavy atom. The van der Waals surface area contributed by atoms with Crippen LogP contribution in [-0.4, -0.2) is 53.0 Å². The van der Waals surface area contributed by atoms with E-state index in [2.05, 4.69) is 4.90 Å². The lowest BCUT2D eigenvalue weighted by Gasteiger charge is -2.39. The molecule has 6 heteroatoms. The molecule has 0 aliphatic carbocycles. The average Bonchev–Trinajstić information content (AvgIpc) is 2.86. The number of aliphatic carboxylic acids is 1. The first-order chi connectivity index (χ1) is 16.0. The van der Waals surface area contributed by atoms with E-state index in [0.29, 0.717) is 38.2 Å². The van der Waals surface area contributed by atoms with E-state index in [1.54, 1.807) is 12.1 Å². The van der Waals surface area contributed by atoms with Crippen LogP contribution >= 0.6 is 0 Å². The number of nitrogens with zero attached hydrogens (tertiary/aromatic N) is 2. The number of hydrogen-bond donors (Lipinski definition) is 1. The van der Waals surface area contributed by atoms with Crippen LogP contribution in [0.3, 0.4) is 0 Å². The first kappa shape index (κ1) is 22.7. The van der Waals surface area contributed by atoms with Gasteiger partial charge in [-0.3, -0.25) is 14.5 Å². The molecule has 1 aliphatic heterocycles. The first-order valence-corrected chi connectivity index (χ1v) is 11.2. The van der Waals surface area contributed by atoms with Crippen LogP contribution in [0, 0.1) is 5.82 Å². The molecule has 1 saturated heterocycles. The number of hydrogen-bond acceptors (Lipinski definition) is 3. The molecule has 170 valence electrons. The number of carboxylic acid groups (broad SMARTS) is 1. The van der Waals surface area contributed by atoms with E-state index in [-0.39, 0.29) is 24.2 Å². The van der Waals surface area contributed by atoms with Gasteiger partial charge in [0.05, 0.1) is 0 Å². The third kappa shape index (κ3) is 5.65. The zero-order valence-electron chi connectivity index (χ0n) is 18.4. The molecule has 1 amide bonds. The minimum absolute atomic E-state index is 0.00173. The van der Waals surface area contributed by atoms with Crippen molar-refractivity contribution in [1.29, 1.82) is 0 Å². The van der Waals surface area contributed by atoms with Gasteiger partial charge in [-0.25, -0.2) is 4.39 Å². The van der Waals surface area contributed by atoms with Gasteiger partial charge in [-0.15, -0.1) is 0 Å². The van der Waals surface area contributed by atoms with E-state index in [0.717, 1.165) is 16.7 Å². The fourth-order valence-electron chi connectivity index (χ4n) is 4.36. The molecule has 33 heavy (non-hydrogen) atoms. The predicted octanol–water partition coefficient (Wildman–Crippen LogP) is 4.86. The smallest absolute Gasteiger partial charge is 0.303 e. The van der Waals surface area contributed by atoms with E-state index in [1.165, 1.54) is 12.1 Å². The second-order valence-electron chi connectivity index (χ2n) is 8.27. The van der Waals surface area contributed by atoms with Crippen LogP contribution < -0.4 is 0 Å². The van der Waals surface area contributed by atoms with E-state index in [4.69, 9.17) is 5.11 Å². The predicted molar refractivity (Wildman–Crippen MR) is 125 cm³/mol. The van der Waals surface area contributed by atoms with E-state index >= 15 is 0 Å². The van der Waals surface area contributed by atoms with Crippen molar-refractivity contribution < 1.29 is 19.1 Å². The summed E-state index contributed by atoms with van der Waals surface area (Å²) in [5.41, 5.74) is 3.73. The van der Waals surface area contributed by atoms with Crippen molar-refractivity contribution in [2.45, 2.75) is 18.9 Å². The molecule has 1 N–H and O–H groups in total. The zero-order chi connectivity index (χ0) is 23.2. The van der Waals surface area contributed by atoms with Crippen LogP contribution in [0.1, 0.15) is 34.8 Å². The highest BCUT2D eigenvalue weighted by atomic mass is 19.1. The lowest BCUT2D eigenvalue weighted by atomic mass is 9.99. The van der Waals surface area contributed by atoms with Crippen LogP contribution in [0.2, 0.25) is 0 Å². The van der Waals surface area contributed by atoms with Gasteiger partial charge in [0.1, 0.15) is 5.82 Å². The molecule has 1 heterocycles. The summed E-state index contributed by atoms with van der Waals surface area (Å²) < 4.78 is 13.4. The number of carbonyl (C=O) groups excluding carboxylic acids is 1. The van der Waals surface area contributed by atoms with Gasteiger partial charge in [-0.05, 0) is 47.4 Å². The second-order valence-corrected chi connectivity index (χ2v) is 8.27. The molecular weight excluding hydrogens is 419 g/mol. The summed E-state index contributed by atoms with van der Waals surface area (Å²) in [6, 6.07) is 23.8. The van der Waals surface area contributed by atoms with E-state index in [1.807, 2.05) is 59.5 Å². The fraction of sp³-hybridized carbons (Fsp3) is 0.259. The van der Waals surface area contributed by atoms with Crippen LogP contribution in [0.5, 0.6) is 0 Å². The summed E-state index contributed by atoms with van der Waals surface area (Å²) in [5, 5.41) is 9.15. The second kappa shape index (κ2) is 10.4. The summed E-state index contributed by atoms with van der Waals surface area (Å²) in [6.07, 6.45) is 0.477. The van der Waals surface area contributed by atoms with E-state index < -0.39 is 5.97 Å². The molecule has 0 radical (unpaired) electrons. The molecule has 3 aromatic rings. The molecule has 0 spiro atoms. The molecule has 1 atom stereocenters. The summed E-state index contributed by atoms with van der Waals surface area (Å²) in [6.45, 7) is 2.39. The Labute approximate surface area is 193 Å². The summed E-state index contributed by atoms with van der Waals surface area (Å²) >= 11 is 0. The number of carbonyl (C=O) groups is 2. The third-order valence-corrected chi connectivity index (χ3v) is 6.17. The Kier molecular flexibility index (Phi) is 7.15. The highest BCUT2D eigenvalue weighted by molar-refractivity contribution is 5.94. The minimum atomic E-state index is -0.852. The van der Waals surface area contributed by atoms with Crippen molar-refractivity contribution in [2.24, 2.45) is 0 Å². The molecule has 0 saturated carbocycles. The van der Waals surface area contributed by atoms with Gasteiger partial charge in [0.15, 0.2) is 0 Å².